The molecule has 0 aliphatic carbocycles. The zero-order valence-corrected chi connectivity index (χ0v) is 15.0. The number of rotatable bonds is 7. The Balaban J connectivity index is 2.02. The molecule has 0 bridgehead atoms. The molecule has 0 spiro atoms. The lowest BCUT2D eigenvalue weighted by Crippen LogP contribution is -2.05. The van der Waals surface area contributed by atoms with Crippen LogP contribution < -0.4 is 4.74 Å². The Bertz CT molecular complexity index is 869. The summed E-state index contributed by atoms with van der Waals surface area (Å²) in [6.45, 7) is 2.50. The predicted molar refractivity (Wildman–Crippen MR) is 98.3 cm³/mol. The zero-order chi connectivity index (χ0) is 18.5. The topological polar surface area (TPSA) is 27.1 Å². The van der Waals surface area contributed by atoms with Crippen LogP contribution in [0.1, 0.15) is 31.0 Å². The number of halogens is 2. The minimum atomic E-state index is -0.569. The number of nitrogens with zero attached hydrogens (tertiary/aromatic N) is 2. The quantitative estimate of drug-likeness (QED) is 0.580. The molecule has 2 aromatic carbocycles. The molecule has 3 rings (SSSR count). The predicted octanol–water partition coefficient (Wildman–Crippen LogP) is 5.23. The summed E-state index contributed by atoms with van der Waals surface area (Å²) in [5, 5.41) is 0. The van der Waals surface area contributed by atoms with Gasteiger partial charge in [0, 0.05) is 23.9 Å². The van der Waals surface area contributed by atoms with Gasteiger partial charge in [0.1, 0.15) is 17.4 Å². The summed E-state index contributed by atoms with van der Waals surface area (Å²) in [6.07, 6.45) is 4.62. The van der Waals surface area contributed by atoms with Gasteiger partial charge in [0.05, 0.1) is 19.1 Å². The molecule has 0 N–H and O–H groups in total. The van der Waals surface area contributed by atoms with Gasteiger partial charge >= 0.3 is 0 Å². The van der Waals surface area contributed by atoms with Gasteiger partial charge in [0.15, 0.2) is 0 Å². The Kier molecular flexibility index (Phi) is 5.66. The number of benzene rings is 2. The third-order valence-electron chi connectivity index (χ3n) is 4.35. The second-order valence-electron chi connectivity index (χ2n) is 6.25. The van der Waals surface area contributed by atoms with E-state index in [1.165, 1.54) is 12.1 Å². The Morgan fingerprint density at radius 3 is 2.50 bits per heavy atom. The number of imidazole rings is 1. The molecule has 3 aromatic rings. The number of para-hydroxylation sites is 1. The van der Waals surface area contributed by atoms with E-state index >= 15 is 0 Å². The van der Waals surface area contributed by atoms with Crippen LogP contribution in [0.2, 0.25) is 0 Å². The smallest absolute Gasteiger partial charge is 0.128 e. The van der Waals surface area contributed by atoms with Crippen molar-refractivity contribution in [2.24, 2.45) is 0 Å². The van der Waals surface area contributed by atoms with Crippen LogP contribution in [0, 0.1) is 11.6 Å². The summed E-state index contributed by atoms with van der Waals surface area (Å²) < 4.78 is 34.5. The Hall–Kier alpha value is -2.69. The SMILES string of the molecule is CCCCc1c(-c2ccccc2OC)ncn1Cc1cc(F)cc(F)c1. The summed E-state index contributed by atoms with van der Waals surface area (Å²) in [5.41, 5.74) is 3.39. The van der Waals surface area contributed by atoms with E-state index in [1.54, 1.807) is 13.4 Å². The number of ether oxygens (including phenoxy) is 1. The van der Waals surface area contributed by atoms with Crippen LogP contribution in [-0.2, 0) is 13.0 Å². The minimum absolute atomic E-state index is 0.371. The molecule has 0 saturated carbocycles. The minimum Gasteiger partial charge on any atom is -0.496 e. The van der Waals surface area contributed by atoms with Gasteiger partial charge in [-0.3, -0.25) is 0 Å². The molecule has 0 radical (unpaired) electrons. The van der Waals surface area contributed by atoms with Crippen LogP contribution in [0.4, 0.5) is 8.78 Å². The van der Waals surface area contributed by atoms with Crippen LogP contribution in [-0.4, -0.2) is 16.7 Å². The lowest BCUT2D eigenvalue weighted by atomic mass is 10.1. The molecular weight excluding hydrogens is 334 g/mol. The molecule has 1 heterocycles. The maximum absolute atomic E-state index is 13.5. The first-order valence-electron chi connectivity index (χ1n) is 8.74. The summed E-state index contributed by atoms with van der Waals surface area (Å²) in [5.74, 6) is -0.382. The largest absolute Gasteiger partial charge is 0.496 e. The summed E-state index contributed by atoms with van der Waals surface area (Å²) >= 11 is 0. The van der Waals surface area contributed by atoms with Crippen molar-refractivity contribution in [3.63, 3.8) is 0 Å². The second kappa shape index (κ2) is 8.13. The monoisotopic (exact) mass is 356 g/mol. The molecule has 0 amide bonds. The number of methoxy groups -OCH3 is 1. The fourth-order valence-corrected chi connectivity index (χ4v) is 3.11. The third-order valence-corrected chi connectivity index (χ3v) is 4.35. The van der Waals surface area contributed by atoms with Gasteiger partial charge in [0.25, 0.3) is 0 Å². The molecule has 0 aliphatic heterocycles. The van der Waals surface area contributed by atoms with Crippen molar-refractivity contribution in [1.82, 2.24) is 9.55 Å². The van der Waals surface area contributed by atoms with E-state index in [4.69, 9.17) is 4.74 Å². The van der Waals surface area contributed by atoms with Crippen molar-refractivity contribution in [2.75, 3.05) is 7.11 Å². The first kappa shape index (κ1) is 18.1. The van der Waals surface area contributed by atoms with E-state index in [1.807, 2.05) is 28.8 Å². The van der Waals surface area contributed by atoms with Gasteiger partial charge in [0.2, 0.25) is 0 Å². The second-order valence-corrected chi connectivity index (χ2v) is 6.25. The van der Waals surface area contributed by atoms with Crippen LogP contribution in [0.25, 0.3) is 11.3 Å². The van der Waals surface area contributed by atoms with E-state index in [9.17, 15) is 8.78 Å². The molecule has 0 atom stereocenters. The van der Waals surface area contributed by atoms with E-state index in [-0.39, 0.29) is 0 Å². The maximum atomic E-state index is 13.5. The molecule has 136 valence electrons. The molecule has 0 fully saturated rings. The Labute approximate surface area is 152 Å². The van der Waals surface area contributed by atoms with Gasteiger partial charge in [-0.1, -0.05) is 25.5 Å². The molecule has 3 nitrogen and oxygen atoms in total. The Morgan fingerprint density at radius 2 is 1.81 bits per heavy atom. The fourth-order valence-electron chi connectivity index (χ4n) is 3.11. The van der Waals surface area contributed by atoms with E-state index < -0.39 is 11.6 Å². The van der Waals surface area contributed by atoms with Gasteiger partial charge in [-0.15, -0.1) is 0 Å². The number of hydrogen-bond donors (Lipinski definition) is 0. The fraction of sp³-hybridized carbons (Fsp3) is 0.286. The van der Waals surface area contributed by atoms with Gasteiger partial charge in [-0.25, -0.2) is 13.8 Å². The molecule has 1 aromatic heterocycles. The van der Waals surface area contributed by atoms with Gasteiger partial charge < -0.3 is 9.30 Å². The van der Waals surface area contributed by atoms with Gasteiger partial charge in [-0.05, 0) is 42.7 Å². The highest BCUT2D eigenvalue weighted by atomic mass is 19.1. The van der Waals surface area contributed by atoms with Gasteiger partial charge in [-0.2, -0.15) is 0 Å². The van der Waals surface area contributed by atoms with Crippen molar-refractivity contribution < 1.29 is 13.5 Å². The lowest BCUT2D eigenvalue weighted by molar-refractivity contribution is 0.416. The lowest BCUT2D eigenvalue weighted by Gasteiger charge is -2.12. The molecule has 0 saturated heterocycles. The number of aromatic nitrogens is 2. The highest BCUT2D eigenvalue weighted by Gasteiger charge is 2.16. The summed E-state index contributed by atoms with van der Waals surface area (Å²) in [6, 6.07) is 11.3. The highest BCUT2D eigenvalue weighted by Crippen LogP contribution is 2.32. The van der Waals surface area contributed by atoms with Crippen LogP contribution in [0.3, 0.4) is 0 Å². The van der Waals surface area contributed by atoms with E-state index in [0.29, 0.717) is 12.1 Å². The first-order chi connectivity index (χ1) is 12.6. The normalized spacial score (nSPS) is 10.9. The summed E-state index contributed by atoms with van der Waals surface area (Å²) in [7, 11) is 1.64. The zero-order valence-electron chi connectivity index (χ0n) is 15.0. The van der Waals surface area contributed by atoms with Crippen molar-refractivity contribution in [1.29, 1.82) is 0 Å². The number of hydrogen-bond acceptors (Lipinski definition) is 2. The molecule has 0 aliphatic rings. The van der Waals surface area contributed by atoms with E-state index in [0.717, 1.165) is 48.0 Å². The molecular formula is C21H22F2N2O. The van der Waals surface area contributed by atoms with Crippen LogP contribution in [0.5, 0.6) is 5.75 Å². The van der Waals surface area contributed by atoms with Crippen molar-refractivity contribution in [3.8, 4) is 17.0 Å². The molecule has 26 heavy (non-hydrogen) atoms. The van der Waals surface area contributed by atoms with Crippen LogP contribution in [0.15, 0.2) is 48.8 Å². The average molecular weight is 356 g/mol. The van der Waals surface area contributed by atoms with Crippen molar-refractivity contribution in [2.45, 2.75) is 32.7 Å². The highest BCUT2D eigenvalue weighted by molar-refractivity contribution is 5.69. The van der Waals surface area contributed by atoms with Crippen molar-refractivity contribution >= 4 is 0 Å². The summed E-state index contributed by atoms with van der Waals surface area (Å²) in [4.78, 5) is 4.58. The first-order valence-corrected chi connectivity index (χ1v) is 8.74. The van der Waals surface area contributed by atoms with Crippen LogP contribution >= 0.6 is 0 Å². The van der Waals surface area contributed by atoms with Crippen molar-refractivity contribution in [3.05, 3.63) is 71.7 Å². The van der Waals surface area contributed by atoms with E-state index in [2.05, 4.69) is 11.9 Å². The Morgan fingerprint density at radius 1 is 1.08 bits per heavy atom. The number of unbranched alkanes of at least 4 members (excludes halogenated alkanes) is 1. The maximum Gasteiger partial charge on any atom is 0.128 e. The average Bonchev–Trinajstić information content (AvgIpc) is 3.01. The molecule has 0 unspecified atom stereocenters. The third kappa shape index (κ3) is 3.93. The standard InChI is InChI=1S/C21H22F2N2O/c1-3-4-8-19-21(18-7-5-6-9-20(18)26-2)24-14-25(19)13-15-10-16(22)12-17(23)11-15/h5-7,9-12,14H,3-4,8,13H2,1-2H3. The molecule has 5 heteroatoms.